The number of aliphatic imine (C=N–C) groups is 1. The average Bonchev–Trinajstić information content (AvgIpc) is 2.55. The van der Waals surface area contributed by atoms with Crippen LogP contribution < -0.4 is 4.74 Å². The number of rotatable bonds is 4. The Balaban J connectivity index is 2.10. The van der Waals surface area contributed by atoms with Crippen molar-refractivity contribution in [1.29, 1.82) is 0 Å². The number of hydrogen-bond acceptors (Lipinski definition) is 2. The fraction of sp³-hybridized carbons (Fsp3) is 0.190. The molecule has 0 unspecified atom stereocenters. The summed E-state index contributed by atoms with van der Waals surface area (Å²) in [6, 6.07) is 18.7. The normalized spacial score (nSPS) is 11.3. The predicted molar refractivity (Wildman–Crippen MR) is 98.3 cm³/mol. The molecule has 0 heterocycles. The minimum atomic E-state index is 0.642. The van der Waals surface area contributed by atoms with Gasteiger partial charge in [-0.05, 0) is 49.2 Å². The summed E-state index contributed by atoms with van der Waals surface area (Å²) < 4.78 is 5.79. The Morgan fingerprint density at radius 1 is 1.00 bits per heavy atom. The summed E-state index contributed by atoms with van der Waals surface area (Å²) in [5.74, 6) is 0.875. The monoisotopic (exact) mass is 303 g/mol. The first-order valence-electron chi connectivity index (χ1n) is 7.95. The van der Waals surface area contributed by atoms with Crippen LogP contribution in [-0.4, -0.2) is 12.8 Å². The second-order valence-corrected chi connectivity index (χ2v) is 5.68. The lowest BCUT2D eigenvalue weighted by atomic mass is 10.0. The minimum Gasteiger partial charge on any atom is -0.493 e. The van der Waals surface area contributed by atoms with E-state index in [2.05, 4.69) is 50.2 Å². The van der Waals surface area contributed by atoms with Crippen molar-refractivity contribution in [2.45, 2.75) is 20.8 Å². The molecular formula is C21H21NO. The lowest BCUT2D eigenvalue weighted by molar-refractivity contribution is 0.340. The predicted octanol–water partition coefficient (Wildman–Crippen LogP) is 5.61. The highest BCUT2D eigenvalue weighted by molar-refractivity contribution is 6.03. The summed E-state index contributed by atoms with van der Waals surface area (Å²) >= 11 is 0. The van der Waals surface area contributed by atoms with E-state index in [9.17, 15) is 0 Å². The maximum atomic E-state index is 5.79. The van der Waals surface area contributed by atoms with E-state index in [1.165, 1.54) is 16.5 Å². The molecule has 2 nitrogen and oxygen atoms in total. The highest BCUT2D eigenvalue weighted by Gasteiger charge is 2.07. The van der Waals surface area contributed by atoms with Crippen LogP contribution in [0, 0.1) is 13.8 Å². The maximum absolute atomic E-state index is 5.79. The summed E-state index contributed by atoms with van der Waals surface area (Å²) in [5, 5.41) is 2.35. The molecule has 23 heavy (non-hydrogen) atoms. The number of nitrogens with zero attached hydrogens (tertiary/aromatic N) is 1. The lowest BCUT2D eigenvalue weighted by Crippen LogP contribution is -1.97. The first kappa shape index (κ1) is 15.3. The minimum absolute atomic E-state index is 0.642. The summed E-state index contributed by atoms with van der Waals surface area (Å²) in [7, 11) is 0. The zero-order chi connectivity index (χ0) is 16.2. The molecule has 0 N–H and O–H groups in total. The molecule has 3 rings (SSSR count). The van der Waals surface area contributed by atoms with Gasteiger partial charge in [0.15, 0.2) is 0 Å². The SMILES string of the molecule is CCOc1ccc2ccccc2c1C=Nc1ccc(C)cc1C. The van der Waals surface area contributed by atoms with E-state index >= 15 is 0 Å². The van der Waals surface area contributed by atoms with E-state index in [1.54, 1.807) is 0 Å². The number of ether oxygens (including phenoxy) is 1. The molecule has 0 spiro atoms. The van der Waals surface area contributed by atoms with Crippen molar-refractivity contribution in [3.63, 3.8) is 0 Å². The van der Waals surface area contributed by atoms with Crippen molar-refractivity contribution >= 4 is 22.7 Å². The Labute approximate surface area is 137 Å². The molecule has 0 radical (unpaired) electrons. The average molecular weight is 303 g/mol. The van der Waals surface area contributed by atoms with Gasteiger partial charge in [0, 0.05) is 11.8 Å². The molecule has 0 aromatic heterocycles. The van der Waals surface area contributed by atoms with Crippen molar-refractivity contribution < 1.29 is 4.74 Å². The number of hydrogen-bond donors (Lipinski definition) is 0. The molecule has 0 bridgehead atoms. The molecule has 3 aromatic carbocycles. The Morgan fingerprint density at radius 3 is 2.61 bits per heavy atom. The van der Waals surface area contributed by atoms with Gasteiger partial charge in [-0.1, -0.05) is 48.0 Å². The van der Waals surface area contributed by atoms with Crippen molar-refractivity contribution in [3.05, 3.63) is 71.3 Å². The molecule has 0 fully saturated rings. The standard InChI is InChI=1S/C21H21NO/c1-4-23-21-12-10-17-7-5-6-8-18(17)19(21)14-22-20-11-9-15(2)13-16(20)3/h5-14H,4H2,1-3H3. The highest BCUT2D eigenvalue weighted by atomic mass is 16.5. The number of benzene rings is 3. The molecule has 0 aliphatic heterocycles. The molecule has 3 aromatic rings. The van der Waals surface area contributed by atoms with Gasteiger partial charge < -0.3 is 4.74 Å². The van der Waals surface area contributed by atoms with Gasteiger partial charge in [-0.15, -0.1) is 0 Å². The number of fused-ring (bicyclic) bond motifs is 1. The lowest BCUT2D eigenvalue weighted by Gasteiger charge is -2.10. The van der Waals surface area contributed by atoms with Gasteiger partial charge in [0.2, 0.25) is 0 Å². The molecule has 0 amide bonds. The molecule has 0 aliphatic rings. The van der Waals surface area contributed by atoms with Crippen LogP contribution in [0.4, 0.5) is 5.69 Å². The zero-order valence-corrected chi connectivity index (χ0v) is 13.8. The van der Waals surface area contributed by atoms with E-state index in [1.807, 2.05) is 31.3 Å². The molecule has 0 saturated carbocycles. The molecule has 0 atom stereocenters. The van der Waals surface area contributed by atoms with Gasteiger partial charge >= 0.3 is 0 Å². The maximum Gasteiger partial charge on any atom is 0.128 e. The first-order valence-corrected chi connectivity index (χ1v) is 7.95. The number of aryl methyl sites for hydroxylation is 2. The highest BCUT2D eigenvalue weighted by Crippen LogP contribution is 2.28. The van der Waals surface area contributed by atoms with Gasteiger partial charge in [0.1, 0.15) is 5.75 Å². The Bertz CT molecular complexity index is 865. The van der Waals surface area contributed by atoms with Crippen molar-refractivity contribution in [3.8, 4) is 5.75 Å². The van der Waals surface area contributed by atoms with Crippen LogP contribution in [0.25, 0.3) is 10.8 Å². The van der Waals surface area contributed by atoms with Crippen LogP contribution in [0.2, 0.25) is 0 Å². The molecule has 116 valence electrons. The smallest absolute Gasteiger partial charge is 0.128 e. The van der Waals surface area contributed by atoms with Crippen molar-refractivity contribution in [2.24, 2.45) is 4.99 Å². The van der Waals surface area contributed by atoms with Gasteiger partial charge in [0.05, 0.1) is 12.3 Å². The second-order valence-electron chi connectivity index (χ2n) is 5.68. The summed E-state index contributed by atoms with van der Waals surface area (Å²) in [6.45, 7) is 6.83. The third-order valence-electron chi connectivity index (χ3n) is 3.92. The van der Waals surface area contributed by atoms with Crippen LogP contribution in [0.5, 0.6) is 5.75 Å². The van der Waals surface area contributed by atoms with Crippen molar-refractivity contribution in [2.75, 3.05) is 6.61 Å². The van der Waals surface area contributed by atoms with E-state index < -0.39 is 0 Å². The molecule has 0 aliphatic carbocycles. The van der Waals surface area contributed by atoms with E-state index in [0.717, 1.165) is 22.4 Å². The Kier molecular flexibility index (Phi) is 4.42. The van der Waals surface area contributed by atoms with Gasteiger partial charge in [-0.25, -0.2) is 0 Å². The Hall–Kier alpha value is -2.61. The molecular weight excluding hydrogens is 282 g/mol. The Morgan fingerprint density at radius 2 is 1.83 bits per heavy atom. The molecule has 2 heteroatoms. The second kappa shape index (κ2) is 6.66. The third kappa shape index (κ3) is 3.26. The summed E-state index contributed by atoms with van der Waals surface area (Å²) in [6.07, 6.45) is 1.92. The van der Waals surface area contributed by atoms with Gasteiger partial charge in [0.25, 0.3) is 0 Å². The van der Waals surface area contributed by atoms with Crippen LogP contribution in [0.3, 0.4) is 0 Å². The van der Waals surface area contributed by atoms with Crippen LogP contribution in [-0.2, 0) is 0 Å². The summed E-state index contributed by atoms with van der Waals surface area (Å²) in [4.78, 5) is 4.71. The molecule has 0 saturated heterocycles. The first-order chi connectivity index (χ1) is 11.2. The van der Waals surface area contributed by atoms with E-state index in [0.29, 0.717) is 6.61 Å². The third-order valence-corrected chi connectivity index (χ3v) is 3.92. The quantitative estimate of drug-likeness (QED) is 0.574. The van der Waals surface area contributed by atoms with E-state index in [-0.39, 0.29) is 0 Å². The van der Waals surface area contributed by atoms with Crippen LogP contribution in [0.15, 0.2) is 59.6 Å². The van der Waals surface area contributed by atoms with Crippen molar-refractivity contribution in [1.82, 2.24) is 0 Å². The fourth-order valence-electron chi connectivity index (χ4n) is 2.77. The van der Waals surface area contributed by atoms with Crippen LogP contribution >= 0.6 is 0 Å². The zero-order valence-electron chi connectivity index (χ0n) is 13.8. The largest absolute Gasteiger partial charge is 0.493 e. The topological polar surface area (TPSA) is 21.6 Å². The van der Waals surface area contributed by atoms with E-state index in [4.69, 9.17) is 9.73 Å². The van der Waals surface area contributed by atoms with Gasteiger partial charge in [-0.2, -0.15) is 0 Å². The van der Waals surface area contributed by atoms with Gasteiger partial charge in [-0.3, -0.25) is 4.99 Å². The summed E-state index contributed by atoms with van der Waals surface area (Å²) in [5.41, 5.74) is 4.46. The van der Waals surface area contributed by atoms with Crippen LogP contribution in [0.1, 0.15) is 23.6 Å². The fourth-order valence-corrected chi connectivity index (χ4v) is 2.77.